The number of carboxylic acids is 1. The van der Waals surface area contributed by atoms with E-state index in [1.54, 1.807) is 24.1 Å². The summed E-state index contributed by atoms with van der Waals surface area (Å²) in [6.07, 6.45) is 3.55. The van der Waals surface area contributed by atoms with Crippen LogP contribution in [0.15, 0.2) is 22.7 Å². The van der Waals surface area contributed by atoms with Gasteiger partial charge in [-0.05, 0) is 46.8 Å². The van der Waals surface area contributed by atoms with Gasteiger partial charge in [0.15, 0.2) is 0 Å². The molecule has 6 heteroatoms. The highest BCUT2D eigenvalue weighted by atomic mass is 79.9. The van der Waals surface area contributed by atoms with Crippen LogP contribution in [0.3, 0.4) is 0 Å². The Morgan fingerprint density at radius 1 is 1.45 bits per heavy atom. The maximum atomic E-state index is 12.1. The zero-order valence-electron chi connectivity index (χ0n) is 11.2. The van der Waals surface area contributed by atoms with Crippen molar-refractivity contribution in [3.05, 3.63) is 28.2 Å². The van der Waals surface area contributed by atoms with Crippen molar-refractivity contribution >= 4 is 33.6 Å². The molecule has 0 heterocycles. The fraction of sp³-hybridized carbons (Fsp3) is 0.429. The number of aromatic carboxylic acids is 1. The zero-order chi connectivity index (χ0) is 14.7. The summed E-state index contributed by atoms with van der Waals surface area (Å²) in [5.74, 6) is -0.493. The molecular weight excluding hydrogens is 324 g/mol. The molecule has 1 fully saturated rings. The van der Waals surface area contributed by atoms with Crippen molar-refractivity contribution in [2.24, 2.45) is 5.92 Å². The molecule has 0 aromatic heterocycles. The third-order valence-electron chi connectivity index (χ3n) is 3.58. The smallest absolute Gasteiger partial charge is 0.337 e. The number of amides is 2. The van der Waals surface area contributed by atoms with Gasteiger partial charge in [0.05, 0.1) is 11.3 Å². The number of carbonyl (C=O) groups is 2. The summed E-state index contributed by atoms with van der Waals surface area (Å²) in [5, 5.41) is 11.8. The van der Waals surface area contributed by atoms with E-state index in [4.69, 9.17) is 5.11 Å². The molecule has 1 aromatic rings. The minimum Gasteiger partial charge on any atom is -0.478 e. The first-order chi connectivity index (χ1) is 9.49. The number of hydrogen-bond donors (Lipinski definition) is 2. The van der Waals surface area contributed by atoms with E-state index in [0.29, 0.717) is 22.6 Å². The van der Waals surface area contributed by atoms with Gasteiger partial charge in [0.25, 0.3) is 0 Å². The Morgan fingerprint density at radius 2 is 2.15 bits per heavy atom. The Morgan fingerprint density at radius 3 is 2.70 bits per heavy atom. The number of carbonyl (C=O) groups excluding carboxylic acids is 1. The maximum absolute atomic E-state index is 12.1. The average Bonchev–Trinajstić information content (AvgIpc) is 2.35. The molecule has 0 unspecified atom stereocenters. The molecule has 1 saturated carbocycles. The fourth-order valence-electron chi connectivity index (χ4n) is 2.18. The van der Waals surface area contributed by atoms with Crippen LogP contribution in [0.5, 0.6) is 0 Å². The van der Waals surface area contributed by atoms with Gasteiger partial charge in [-0.3, -0.25) is 0 Å². The van der Waals surface area contributed by atoms with Gasteiger partial charge in [-0.1, -0.05) is 12.5 Å². The standard InChI is InChI=1S/C14H17BrN2O3/c1-17(8-9-4-2-5-9)14(20)16-12-10(13(18)19)6-3-7-11(12)15/h3,6-7,9H,2,4-5,8H2,1H3,(H,16,20)(H,18,19). The van der Waals surface area contributed by atoms with Crippen molar-refractivity contribution in [2.75, 3.05) is 18.9 Å². The second-order valence-corrected chi connectivity index (χ2v) is 5.93. The third-order valence-corrected chi connectivity index (χ3v) is 4.24. The Hall–Kier alpha value is -1.56. The number of nitrogens with zero attached hydrogens (tertiary/aromatic N) is 1. The van der Waals surface area contributed by atoms with Crippen LogP contribution in [-0.2, 0) is 0 Å². The highest BCUT2D eigenvalue weighted by Gasteiger charge is 2.22. The van der Waals surface area contributed by atoms with Crippen LogP contribution in [0.2, 0.25) is 0 Å². The normalized spacial score (nSPS) is 14.5. The summed E-state index contributed by atoms with van der Waals surface area (Å²) in [6, 6.07) is 4.51. The maximum Gasteiger partial charge on any atom is 0.337 e. The largest absolute Gasteiger partial charge is 0.478 e. The number of carboxylic acid groups (broad SMARTS) is 1. The summed E-state index contributed by atoms with van der Waals surface area (Å²) in [4.78, 5) is 24.9. The number of urea groups is 1. The Kier molecular flexibility index (Phi) is 4.65. The third kappa shape index (κ3) is 3.30. The molecule has 2 rings (SSSR count). The van der Waals surface area contributed by atoms with E-state index >= 15 is 0 Å². The number of hydrogen-bond acceptors (Lipinski definition) is 2. The predicted octanol–water partition coefficient (Wildman–Crippen LogP) is 3.41. The summed E-state index contributed by atoms with van der Waals surface area (Å²) in [7, 11) is 1.73. The van der Waals surface area contributed by atoms with Gasteiger partial charge in [0, 0.05) is 18.1 Å². The molecule has 1 aliphatic carbocycles. The molecule has 1 aliphatic rings. The highest BCUT2D eigenvalue weighted by molar-refractivity contribution is 9.10. The zero-order valence-corrected chi connectivity index (χ0v) is 12.8. The minimum atomic E-state index is -1.07. The first-order valence-electron chi connectivity index (χ1n) is 6.53. The lowest BCUT2D eigenvalue weighted by Crippen LogP contribution is -2.37. The molecule has 5 nitrogen and oxygen atoms in total. The van der Waals surface area contributed by atoms with E-state index in [0.717, 1.165) is 12.8 Å². The Bertz CT molecular complexity index is 529. The summed E-state index contributed by atoms with van der Waals surface area (Å²) < 4.78 is 0.558. The lowest BCUT2D eigenvalue weighted by molar-refractivity contribution is 0.0698. The molecule has 2 amide bonds. The van der Waals surface area contributed by atoms with Gasteiger partial charge in [-0.2, -0.15) is 0 Å². The number of nitrogens with one attached hydrogen (secondary N) is 1. The van der Waals surface area contributed by atoms with Gasteiger partial charge in [0.2, 0.25) is 0 Å². The number of para-hydroxylation sites is 1. The molecular formula is C14H17BrN2O3. The van der Waals surface area contributed by atoms with Crippen molar-refractivity contribution in [1.29, 1.82) is 0 Å². The average molecular weight is 341 g/mol. The van der Waals surface area contributed by atoms with Crippen LogP contribution in [0.4, 0.5) is 10.5 Å². The van der Waals surface area contributed by atoms with Gasteiger partial charge in [0.1, 0.15) is 0 Å². The van der Waals surface area contributed by atoms with Gasteiger partial charge < -0.3 is 15.3 Å². The topological polar surface area (TPSA) is 69.6 Å². The molecule has 108 valence electrons. The summed E-state index contributed by atoms with van der Waals surface area (Å²) in [5.41, 5.74) is 0.371. The minimum absolute atomic E-state index is 0.0739. The number of halogens is 1. The van der Waals surface area contributed by atoms with Crippen molar-refractivity contribution in [3.63, 3.8) is 0 Å². The molecule has 0 spiro atoms. The predicted molar refractivity (Wildman–Crippen MR) is 80.1 cm³/mol. The quantitative estimate of drug-likeness (QED) is 0.882. The molecule has 0 saturated heterocycles. The van der Waals surface area contributed by atoms with Crippen LogP contribution < -0.4 is 5.32 Å². The lowest BCUT2D eigenvalue weighted by atomic mass is 9.85. The first-order valence-corrected chi connectivity index (χ1v) is 7.32. The van der Waals surface area contributed by atoms with Crippen LogP contribution in [0.25, 0.3) is 0 Å². The fourth-order valence-corrected chi connectivity index (χ4v) is 2.64. The second kappa shape index (κ2) is 6.26. The summed E-state index contributed by atoms with van der Waals surface area (Å²) in [6.45, 7) is 0.707. The van der Waals surface area contributed by atoms with Crippen LogP contribution >= 0.6 is 15.9 Å². The van der Waals surface area contributed by atoms with Crippen molar-refractivity contribution in [3.8, 4) is 0 Å². The van der Waals surface area contributed by atoms with Gasteiger partial charge in [-0.15, -0.1) is 0 Å². The number of anilines is 1. The van der Waals surface area contributed by atoms with E-state index in [2.05, 4.69) is 21.2 Å². The SMILES string of the molecule is CN(CC1CCC1)C(=O)Nc1c(Br)cccc1C(=O)O. The van der Waals surface area contributed by atoms with E-state index in [-0.39, 0.29) is 11.6 Å². The van der Waals surface area contributed by atoms with E-state index in [9.17, 15) is 9.59 Å². The molecule has 20 heavy (non-hydrogen) atoms. The molecule has 2 N–H and O–H groups in total. The van der Waals surface area contributed by atoms with Gasteiger partial charge in [-0.25, -0.2) is 9.59 Å². The molecule has 0 atom stereocenters. The van der Waals surface area contributed by atoms with E-state index in [1.807, 2.05) is 0 Å². The van der Waals surface area contributed by atoms with Crippen molar-refractivity contribution in [1.82, 2.24) is 4.90 Å². The monoisotopic (exact) mass is 340 g/mol. The van der Waals surface area contributed by atoms with E-state index in [1.165, 1.54) is 12.5 Å². The first kappa shape index (κ1) is 14.8. The Labute approximate surface area is 126 Å². The second-order valence-electron chi connectivity index (χ2n) is 5.08. The molecule has 1 aromatic carbocycles. The van der Waals surface area contributed by atoms with Crippen molar-refractivity contribution in [2.45, 2.75) is 19.3 Å². The van der Waals surface area contributed by atoms with Crippen LogP contribution in [0.1, 0.15) is 29.6 Å². The summed E-state index contributed by atoms with van der Waals surface area (Å²) >= 11 is 3.27. The van der Waals surface area contributed by atoms with E-state index < -0.39 is 5.97 Å². The number of benzene rings is 1. The molecule has 0 radical (unpaired) electrons. The van der Waals surface area contributed by atoms with Crippen LogP contribution in [-0.4, -0.2) is 35.6 Å². The number of rotatable bonds is 4. The Balaban J connectivity index is 2.08. The van der Waals surface area contributed by atoms with Crippen molar-refractivity contribution < 1.29 is 14.7 Å². The molecule has 0 aliphatic heterocycles. The van der Waals surface area contributed by atoms with Gasteiger partial charge >= 0.3 is 12.0 Å². The van der Waals surface area contributed by atoms with Crippen LogP contribution in [0, 0.1) is 5.92 Å². The highest BCUT2D eigenvalue weighted by Crippen LogP contribution is 2.28. The molecule has 0 bridgehead atoms. The lowest BCUT2D eigenvalue weighted by Gasteiger charge is -2.30.